The summed E-state index contributed by atoms with van der Waals surface area (Å²) in [6, 6.07) is 10.3. The zero-order chi connectivity index (χ0) is 32.5. The van der Waals surface area contributed by atoms with Crippen molar-refractivity contribution in [3.8, 4) is 0 Å². The van der Waals surface area contributed by atoms with Crippen molar-refractivity contribution in [2.24, 2.45) is 16.7 Å². The monoisotopic (exact) mass is 1070 g/mol. The van der Waals surface area contributed by atoms with Gasteiger partial charge in [0.05, 0.1) is 29.1 Å². The molecule has 9 nitrogen and oxygen atoms in total. The summed E-state index contributed by atoms with van der Waals surface area (Å²) in [5, 5.41) is 45.5. The minimum absolute atomic E-state index is 0. The Morgan fingerprint density at radius 1 is 1.00 bits per heavy atom. The van der Waals surface area contributed by atoms with Crippen molar-refractivity contribution < 1.29 is 132 Å². The van der Waals surface area contributed by atoms with Crippen molar-refractivity contribution in [2.75, 3.05) is 0 Å². The third-order valence-electron chi connectivity index (χ3n) is 10.4. The van der Waals surface area contributed by atoms with E-state index in [2.05, 4.69) is 0 Å². The average Bonchev–Trinajstić information content (AvgIpc) is 2.96. The Bertz CT molecular complexity index is 1210. The maximum absolute atomic E-state index is 14.2. The molecule has 1 saturated carbocycles. The van der Waals surface area contributed by atoms with Crippen LogP contribution >= 0.6 is 0 Å². The standard InChI is InChI=1S/C33H50O9Si.2Ac/c1-9-43(10-2,11-3)42-25-17-23(35)27(37)26(32(25,8)28(38)21(5)34)29(41-30(39)22-15-13-12-14-16-22)33(40)19-24(36)20(4)18-31(33,6)7;;/h12-16,18,21,23-26,29,34-36,40H,9-11,17,19H2,1-8H3;;/t21-,23+,24+,25?,26?,29+,32-,33-;;/m1../s1. The molecule has 0 heterocycles. The minimum atomic E-state index is -2.46. The summed E-state index contributed by atoms with van der Waals surface area (Å²) in [6.07, 6.45) is -5.71. The molecule has 0 bridgehead atoms. The van der Waals surface area contributed by atoms with E-state index in [1.807, 2.05) is 20.8 Å². The first-order valence-corrected chi connectivity index (χ1v) is 17.9. The van der Waals surface area contributed by atoms with Crippen LogP contribution in [0, 0.1) is 105 Å². The molecule has 0 aromatic heterocycles. The van der Waals surface area contributed by atoms with E-state index in [4.69, 9.17) is 9.16 Å². The number of carbonyl (C=O) groups excluding carboxylic acids is 3. The number of Topliss-reactive ketones (excluding diaryl/α,β-unsaturated/α-hetero) is 2. The molecule has 12 heteroatoms. The predicted molar refractivity (Wildman–Crippen MR) is 165 cm³/mol. The first-order chi connectivity index (χ1) is 19.9. The zero-order valence-corrected chi connectivity index (χ0v) is 38.4. The van der Waals surface area contributed by atoms with Crippen molar-refractivity contribution in [3.05, 3.63) is 47.5 Å². The second kappa shape index (κ2) is 17.1. The van der Waals surface area contributed by atoms with Crippen LogP contribution in [0.3, 0.4) is 0 Å². The van der Waals surface area contributed by atoms with Crippen LogP contribution in [0.5, 0.6) is 0 Å². The van der Waals surface area contributed by atoms with Crippen molar-refractivity contribution in [1.82, 2.24) is 0 Å². The Balaban J connectivity index is 0.00000506. The fourth-order valence-electron chi connectivity index (χ4n) is 7.16. The second-order valence-corrected chi connectivity index (χ2v) is 18.0. The van der Waals surface area contributed by atoms with E-state index in [-0.39, 0.29) is 107 Å². The molecule has 2 radical (unpaired) electrons. The first-order valence-electron chi connectivity index (χ1n) is 15.4. The average molecular weight is 1070 g/mol. The van der Waals surface area contributed by atoms with Gasteiger partial charge in [0.1, 0.15) is 23.9 Å². The molecule has 2 unspecified atom stereocenters. The van der Waals surface area contributed by atoms with E-state index in [0.717, 1.165) is 18.1 Å². The van der Waals surface area contributed by atoms with Gasteiger partial charge in [-0.15, -0.1) is 0 Å². The normalized spacial score (nSPS) is 31.0. The molecule has 1 aromatic rings. The molecule has 2 aliphatic carbocycles. The van der Waals surface area contributed by atoms with E-state index >= 15 is 0 Å². The number of ketones is 2. The summed E-state index contributed by atoms with van der Waals surface area (Å²) < 4.78 is 12.9. The van der Waals surface area contributed by atoms with Gasteiger partial charge in [0, 0.05) is 106 Å². The summed E-state index contributed by atoms with van der Waals surface area (Å²) >= 11 is 0. The van der Waals surface area contributed by atoms with Gasteiger partial charge < -0.3 is 29.6 Å². The van der Waals surface area contributed by atoms with E-state index in [1.54, 1.807) is 45.0 Å². The van der Waals surface area contributed by atoms with Crippen LogP contribution in [0.2, 0.25) is 18.1 Å². The number of hydrogen-bond acceptors (Lipinski definition) is 9. The van der Waals surface area contributed by atoms with Crippen LogP contribution in [-0.2, 0) is 18.8 Å². The summed E-state index contributed by atoms with van der Waals surface area (Å²) in [6.45, 7) is 14.0. The maximum Gasteiger partial charge on any atom is 0.338 e. The molecule has 2 aliphatic rings. The number of aliphatic hydroxyl groups is 4. The third-order valence-corrected chi connectivity index (χ3v) is 15.0. The van der Waals surface area contributed by atoms with E-state index in [0.29, 0.717) is 5.57 Å². The number of ether oxygens (including phenoxy) is 1. The van der Waals surface area contributed by atoms with Crippen LogP contribution in [0.4, 0.5) is 0 Å². The Labute approximate surface area is 340 Å². The molecular weight excluding hydrogens is 1020 g/mol. The molecule has 0 spiro atoms. The van der Waals surface area contributed by atoms with Crippen LogP contribution < -0.4 is 0 Å². The predicted octanol–water partition coefficient (Wildman–Crippen LogP) is 3.98. The van der Waals surface area contributed by atoms with E-state index in [9.17, 15) is 34.8 Å². The smallest absolute Gasteiger partial charge is 0.338 e. The van der Waals surface area contributed by atoms with E-state index < -0.39 is 78.7 Å². The molecule has 3 rings (SSSR count). The molecular formula is C33H50Ac2O9Si. The molecule has 45 heavy (non-hydrogen) atoms. The largest absolute Gasteiger partial charge is 0.455 e. The van der Waals surface area contributed by atoms with Gasteiger partial charge in [0.2, 0.25) is 0 Å². The van der Waals surface area contributed by atoms with Crippen molar-refractivity contribution >= 4 is 25.9 Å². The van der Waals surface area contributed by atoms with E-state index in [1.165, 1.54) is 26.0 Å². The second-order valence-electron chi connectivity index (χ2n) is 13.3. The third kappa shape index (κ3) is 8.53. The quantitative estimate of drug-likeness (QED) is 0.147. The van der Waals surface area contributed by atoms with Gasteiger partial charge in [0.25, 0.3) is 0 Å². The van der Waals surface area contributed by atoms with Gasteiger partial charge >= 0.3 is 5.97 Å². The molecule has 8 atom stereocenters. The fourth-order valence-corrected chi connectivity index (χ4v) is 10.1. The van der Waals surface area contributed by atoms with Gasteiger partial charge in [-0.05, 0) is 56.6 Å². The maximum atomic E-state index is 14.2. The molecule has 0 saturated heterocycles. The Kier molecular flexibility index (Phi) is 16.6. The molecule has 0 amide bonds. The Hall–Kier alpha value is 0.670. The molecule has 246 valence electrons. The minimum Gasteiger partial charge on any atom is -0.455 e. The van der Waals surface area contributed by atoms with Gasteiger partial charge in [-0.2, -0.15) is 0 Å². The molecule has 1 aromatic carbocycles. The number of benzene rings is 1. The Morgan fingerprint density at radius 2 is 1.53 bits per heavy atom. The number of carbonyl (C=O) groups is 3. The van der Waals surface area contributed by atoms with Gasteiger partial charge in [-0.25, -0.2) is 4.79 Å². The summed E-state index contributed by atoms with van der Waals surface area (Å²) in [5.41, 5.74) is -4.25. The number of hydrogen-bond donors (Lipinski definition) is 4. The van der Waals surface area contributed by atoms with Gasteiger partial charge in [0.15, 0.2) is 19.9 Å². The topological polar surface area (TPSA) is 151 Å². The number of rotatable bonds is 11. The van der Waals surface area contributed by atoms with Gasteiger partial charge in [-0.3, -0.25) is 9.59 Å². The zero-order valence-electron chi connectivity index (χ0n) is 27.9. The number of esters is 1. The summed E-state index contributed by atoms with van der Waals surface area (Å²) in [5.74, 6) is -3.94. The Morgan fingerprint density at radius 3 is 2.02 bits per heavy atom. The summed E-state index contributed by atoms with van der Waals surface area (Å²) in [7, 11) is -2.46. The molecule has 4 N–H and O–H groups in total. The number of aliphatic hydroxyl groups excluding tert-OH is 3. The van der Waals surface area contributed by atoms with Crippen LogP contribution in [0.15, 0.2) is 42.0 Å². The van der Waals surface area contributed by atoms with Crippen LogP contribution in [0.25, 0.3) is 0 Å². The van der Waals surface area contributed by atoms with Crippen molar-refractivity contribution in [3.63, 3.8) is 0 Å². The van der Waals surface area contributed by atoms with Crippen LogP contribution in [-0.4, -0.2) is 82.4 Å². The van der Waals surface area contributed by atoms with Gasteiger partial charge in [-0.1, -0.05) is 58.9 Å². The van der Waals surface area contributed by atoms with Crippen LogP contribution in [0.1, 0.15) is 78.6 Å². The van der Waals surface area contributed by atoms with Crippen molar-refractivity contribution in [2.45, 2.75) is 122 Å². The SMILES string of the molecule is CC[Si](CC)(CC)OC1C[C@H](O)C(=O)C([C@H](OC(=O)c2ccccc2)[C@]2(O)C[C@H](O)C(C)=CC2(C)C)[C@]1(C)C(=O)[C@@H](C)O.[Ac].[Ac]. The molecule has 1 fully saturated rings. The summed E-state index contributed by atoms with van der Waals surface area (Å²) in [4.78, 5) is 42.0. The van der Waals surface area contributed by atoms with Crippen molar-refractivity contribution in [1.29, 1.82) is 0 Å². The molecule has 0 aliphatic heterocycles. The fraction of sp³-hybridized carbons (Fsp3) is 0.667. The first kappa shape index (κ1) is 43.7.